The van der Waals surface area contributed by atoms with E-state index >= 15 is 0 Å². The fourth-order valence-electron chi connectivity index (χ4n) is 2.50. The van der Waals surface area contributed by atoms with E-state index in [4.69, 9.17) is 4.74 Å². The van der Waals surface area contributed by atoms with E-state index in [0.29, 0.717) is 25.1 Å². The monoisotopic (exact) mass is 353 g/mol. The second kappa shape index (κ2) is 8.00. The molecule has 9 heteroatoms. The Labute approximate surface area is 144 Å². The highest BCUT2D eigenvalue weighted by Crippen LogP contribution is 2.23. The number of rotatable bonds is 5. The number of carbonyl (C=O) groups excluding carboxylic acids is 2. The Balaban J connectivity index is 1.95. The molecular weight excluding hydrogens is 334 g/mol. The lowest BCUT2D eigenvalue weighted by atomic mass is 10.2. The first kappa shape index (κ1) is 18.1. The highest BCUT2D eigenvalue weighted by atomic mass is 32.1. The van der Waals surface area contributed by atoms with Crippen molar-refractivity contribution in [2.24, 2.45) is 0 Å². The Hall–Kier alpha value is -2.29. The maximum atomic E-state index is 12.2. The van der Waals surface area contributed by atoms with E-state index in [-0.39, 0.29) is 23.5 Å². The van der Waals surface area contributed by atoms with Crippen LogP contribution in [0.5, 0.6) is 0 Å². The number of hydrogen-bond acceptors (Lipinski definition) is 6. The van der Waals surface area contributed by atoms with Crippen molar-refractivity contribution in [3.05, 3.63) is 39.9 Å². The molecule has 1 aliphatic heterocycles. The Morgan fingerprint density at radius 2 is 2.08 bits per heavy atom. The highest BCUT2D eigenvalue weighted by molar-refractivity contribution is 7.81. The molecule has 2 amide bonds. The van der Waals surface area contributed by atoms with E-state index in [1.54, 1.807) is 0 Å². The van der Waals surface area contributed by atoms with Crippen molar-refractivity contribution < 1.29 is 19.2 Å². The number of nitro benzene ring substituents is 1. The van der Waals surface area contributed by atoms with E-state index in [0.717, 1.165) is 0 Å². The van der Waals surface area contributed by atoms with Crippen LogP contribution < -0.4 is 5.32 Å². The molecule has 1 aromatic rings. The summed E-state index contributed by atoms with van der Waals surface area (Å²) in [6.45, 7) is 2.61. The molecule has 130 valence electrons. The van der Waals surface area contributed by atoms with E-state index < -0.39 is 17.1 Å². The molecule has 24 heavy (non-hydrogen) atoms. The van der Waals surface area contributed by atoms with Crippen LogP contribution in [0.1, 0.15) is 18.9 Å². The minimum atomic E-state index is -0.596. The molecule has 2 atom stereocenters. The van der Waals surface area contributed by atoms with Crippen LogP contribution in [0.25, 0.3) is 0 Å². The first-order valence-electron chi connectivity index (χ1n) is 7.55. The zero-order chi connectivity index (χ0) is 17.7. The summed E-state index contributed by atoms with van der Waals surface area (Å²) in [7, 11) is 0. The van der Waals surface area contributed by atoms with Crippen LogP contribution in [0.15, 0.2) is 24.3 Å². The molecule has 1 heterocycles. The van der Waals surface area contributed by atoms with Gasteiger partial charge in [-0.2, -0.15) is 12.6 Å². The predicted octanol–water partition coefficient (Wildman–Crippen LogP) is 1.74. The van der Waals surface area contributed by atoms with Gasteiger partial charge in [-0.25, -0.2) is 4.79 Å². The van der Waals surface area contributed by atoms with Crippen molar-refractivity contribution in [1.82, 2.24) is 10.2 Å². The highest BCUT2D eigenvalue weighted by Gasteiger charge is 2.38. The summed E-state index contributed by atoms with van der Waals surface area (Å²) in [5.41, 5.74) is 0.601. The van der Waals surface area contributed by atoms with Gasteiger partial charge in [-0.1, -0.05) is 0 Å². The fraction of sp³-hybridized carbons (Fsp3) is 0.467. The van der Waals surface area contributed by atoms with Crippen LogP contribution in [-0.2, 0) is 16.1 Å². The Morgan fingerprint density at radius 3 is 2.67 bits per heavy atom. The third kappa shape index (κ3) is 4.38. The van der Waals surface area contributed by atoms with Gasteiger partial charge in [-0.3, -0.25) is 19.8 Å². The summed E-state index contributed by atoms with van der Waals surface area (Å²) in [4.78, 5) is 35.7. The molecule has 0 saturated carbocycles. The number of non-ortho nitro benzene ring substituents is 1. The van der Waals surface area contributed by atoms with Crippen LogP contribution in [0.4, 0.5) is 10.5 Å². The van der Waals surface area contributed by atoms with Crippen molar-refractivity contribution in [2.45, 2.75) is 31.2 Å². The number of benzene rings is 1. The number of carbonyl (C=O) groups is 2. The van der Waals surface area contributed by atoms with Gasteiger partial charge in [0.1, 0.15) is 12.6 Å². The average molecular weight is 353 g/mol. The zero-order valence-electron chi connectivity index (χ0n) is 13.2. The molecule has 1 fully saturated rings. The number of amides is 2. The summed E-state index contributed by atoms with van der Waals surface area (Å²) in [6.07, 6.45) is -0.122. The maximum Gasteiger partial charge on any atom is 0.410 e. The first-order valence-corrected chi connectivity index (χ1v) is 8.06. The van der Waals surface area contributed by atoms with Gasteiger partial charge in [0.25, 0.3) is 5.69 Å². The molecular formula is C15H19N3O5S. The van der Waals surface area contributed by atoms with Gasteiger partial charge in [-0.05, 0) is 31.0 Å². The molecule has 0 aliphatic carbocycles. The summed E-state index contributed by atoms with van der Waals surface area (Å²) < 4.78 is 5.22. The van der Waals surface area contributed by atoms with Gasteiger partial charge in [-0.15, -0.1) is 0 Å². The molecule has 0 radical (unpaired) electrons. The molecule has 1 N–H and O–H groups in total. The number of ether oxygens (including phenoxy) is 1. The molecule has 1 aliphatic rings. The lowest BCUT2D eigenvalue weighted by molar-refractivity contribution is -0.384. The van der Waals surface area contributed by atoms with E-state index in [2.05, 4.69) is 17.9 Å². The van der Waals surface area contributed by atoms with Crippen LogP contribution in [0, 0.1) is 10.1 Å². The van der Waals surface area contributed by atoms with Gasteiger partial charge < -0.3 is 10.1 Å². The quantitative estimate of drug-likeness (QED) is 0.477. The lowest BCUT2D eigenvalue weighted by Crippen LogP contribution is -2.46. The van der Waals surface area contributed by atoms with Gasteiger partial charge in [0.15, 0.2) is 0 Å². The normalized spacial score (nSPS) is 19.8. The number of thiol groups is 1. The maximum absolute atomic E-state index is 12.2. The summed E-state index contributed by atoms with van der Waals surface area (Å²) in [5.74, 6) is -0.221. The number of nitrogens with one attached hydrogen (secondary N) is 1. The third-order valence-electron chi connectivity index (χ3n) is 3.68. The molecule has 1 saturated heterocycles. The molecule has 0 aromatic heterocycles. The van der Waals surface area contributed by atoms with Gasteiger partial charge in [0, 0.05) is 30.5 Å². The van der Waals surface area contributed by atoms with Crippen molar-refractivity contribution in [1.29, 1.82) is 0 Å². The van der Waals surface area contributed by atoms with Gasteiger partial charge >= 0.3 is 6.09 Å². The van der Waals surface area contributed by atoms with Gasteiger partial charge in [0.05, 0.1) is 4.92 Å². The molecule has 0 spiro atoms. The number of likely N-dealkylation sites (N-methyl/N-ethyl adjacent to an activating group) is 1. The predicted molar refractivity (Wildman–Crippen MR) is 89.9 cm³/mol. The average Bonchev–Trinajstić information content (AvgIpc) is 2.95. The van der Waals surface area contributed by atoms with Crippen molar-refractivity contribution in [3.8, 4) is 0 Å². The topological polar surface area (TPSA) is 102 Å². The van der Waals surface area contributed by atoms with Gasteiger partial charge in [0.2, 0.25) is 5.91 Å². The second-order valence-corrected chi connectivity index (χ2v) is 6.16. The van der Waals surface area contributed by atoms with Crippen molar-refractivity contribution in [3.63, 3.8) is 0 Å². The van der Waals surface area contributed by atoms with Crippen molar-refractivity contribution >= 4 is 30.3 Å². The molecule has 8 nitrogen and oxygen atoms in total. The van der Waals surface area contributed by atoms with Crippen LogP contribution in [-0.4, -0.2) is 46.2 Å². The van der Waals surface area contributed by atoms with Crippen LogP contribution >= 0.6 is 12.6 Å². The number of nitrogens with zero attached hydrogens (tertiary/aromatic N) is 2. The summed E-state index contributed by atoms with van der Waals surface area (Å²) in [6, 6.07) is 5.16. The minimum absolute atomic E-state index is 0.0211. The van der Waals surface area contributed by atoms with E-state index in [1.807, 2.05) is 6.92 Å². The Bertz CT molecular complexity index is 622. The zero-order valence-corrected chi connectivity index (χ0v) is 14.1. The van der Waals surface area contributed by atoms with E-state index in [9.17, 15) is 19.7 Å². The SMILES string of the molecule is CCNC(=O)[C@@H]1C[C@H](S)CN1C(=O)OCc1ccc([N+](=O)[O-])cc1. The fourth-order valence-corrected chi connectivity index (χ4v) is 2.87. The number of hydrogen-bond donors (Lipinski definition) is 2. The first-order chi connectivity index (χ1) is 11.4. The van der Waals surface area contributed by atoms with Crippen LogP contribution in [0.2, 0.25) is 0 Å². The number of likely N-dealkylation sites (tertiary alicyclic amines) is 1. The summed E-state index contributed by atoms with van der Waals surface area (Å²) in [5, 5.41) is 13.2. The molecule has 1 aromatic carbocycles. The minimum Gasteiger partial charge on any atom is -0.445 e. The number of nitro groups is 1. The third-order valence-corrected chi connectivity index (χ3v) is 4.05. The van der Waals surface area contributed by atoms with Crippen molar-refractivity contribution in [2.75, 3.05) is 13.1 Å². The Kier molecular flexibility index (Phi) is 6.02. The van der Waals surface area contributed by atoms with Crippen LogP contribution in [0.3, 0.4) is 0 Å². The standard InChI is InChI=1S/C15H19N3O5S/c1-2-16-14(19)13-7-12(24)8-17(13)15(20)23-9-10-3-5-11(6-4-10)18(21)22/h3-6,12-13,24H,2,7-9H2,1H3,(H,16,19)/t12-,13-/m0/s1. The smallest absolute Gasteiger partial charge is 0.410 e. The van der Waals surface area contributed by atoms with E-state index in [1.165, 1.54) is 29.2 Å². The largest absolute Gasteiger partial charge is 0.445 e. The lowest BCUT2D eigenvalue weighted by Gasteiger charge is -2.23. The molecule has 0 bridgehead atoms. The summed E-state index contributed by atoms with van der Waals surface area (Å²) >= 11 is 4.34. The molecule has 0 unspecified atom stereocenters. The second-order valence-electron chi connectivity index (χ2n) is 5.43. The molecule has 2 rings (SSSR count). The Morgan fingerprint density at radius 1 is 1.42 bits per heavy atom.